The molecule has 0 amide bonds. The highest BCUT2D eigenvalue weighted by atomic mass is 16.8. The maximum absolute atomic E-state index is 14.0. The van der Waals surface area contributed by atoms with E-state index in [1.54, 1.807) is 0 Å². The number of esters is 5. The first kappa shape index (κ1) is 45.5. The van der Waals surface area contributed by atoms with Gasteiger partial charge in [-0.2, -0.15) is 0 Å². The summed E-state index contributed by atoms with van der Waals surface area (Å²) in [4.78, 5) is 65.2. The second-order valence-corrected chi connectivity index (χ2v) is 14.4. The molecule has 4 aliphatic heterocycles. The van der Waals surface area contributed by atoms with E-state index in [-0.39, 0.29) is 12.2 Å². The molecule has 0 bridgehead atoms. The van der Waals surface area contributed by atoms with E-state index in [0.29, 0.717) is 6.42 Å². The number of hydrogen-bond donors (Lipinski definition) is 7. The Kier molecular flexibility index (Phi) is 14.2. The van der Waals surface area contributed by atoms with Crippen LogP contribution in [0.25, 0.3) is 0 Å². The van der Waals surface area contributed by atoms with E-state index in [9.17, 15) is 59.7 Å². The molecule has 7 N–H and O–H groups in total. The molecule has 22 heteroatoms. The average Bonchev–Trinajstić information content (AvgIpc) is 3.23. The fraction of sp³-hybridized carbons (Fsp3) is 0.475. The molecule has 3 fully saturated rings. The monoisotopic (exact) mass is 876 g/mol. The van der Waals surface area contributed by atoms with E-state index in [4.69, 9.17) is 47.4 Å². The molecular formula is C40H44O22. The number of para-hydroxylation sites is 2. The van der Waals surface area contributed by atoms with Crippen molar-refractivity contribution in [2.45, 2.75) is 88.0 Å². The summed E-state index contributed by atoms with van der Waals surface area (Å²) in [5, 5.41) is 72.3. The van der Waals surface area contributed by atoms with Gasteiger partial charge < -0.3 is 83.1 Å². The van der Waals surface area contributed by atoms with Crippen molar-refractivity contribution in [3.63, 3.8) is 0 Å². The van der Waals surface area contributed by atoms with E-state index in [0.717, 1.165) is 44.4 Å². The van der Waals surface area contributed by atoms with Gasteiger partial charge in [-0.25, -0.2) is 14.4 Å². The lowest BCUT2D eigenvalue weighted by Crippen LogP contribution is -2.64. The van der Waals surface area contributed by atoms with Gasteiger partial charge in [-0.15, -0.1) is 6.58 Å². The van der Waals surface area contributed by atoms with Crippen molar-refractivity contribution >= 4 is 29.8 Å². The van der Waals surface area contributed by atoms with Crippen LogP contribution in [0.15, 0.2) is 60.9 Å². The smallest absolute Gasteiger partial charge is 0.342 e. The number of carbonyl (C=O) groups is 5. The molecule has 3 saturated heterocycles. The molecule has 336 valence electrons. The summed E-state index contributed by atoms with van der Waals surface area (Å²) in [6.07, 6.45) is -16.3. The number of ether oxygens (including phenoxy) is 10. The molecule has 0 radical (unpaired) electrons. The SMILES string of the molecule is C=CC1C(OC2OC(COC(C)=O)C(OC(=O)c3cccc(OC4OC(CO)C(O)C(O)C4O)c3O)C(OC(C)=O)C2OC(=O)c2cccc(O)c2O)OC=C2C(=O)OCCC21. The van der Waals surface area contributed by atoms with E-state index in [2.05, 4.69) is 6.58 Å². The Hall–Kier alpha value is -6.01. The van der Waals surface area contributed by atoms with Crippen LogP contribution in [0.2, 0.25) is 0 Å². The van der Waals surface area contributed by atoms with Crippen molar-refractivity contribution in [3.8, 4) is 23.0 Å². The topological polar surface area (TPSA) is 319 Å². The quantitative estimate of drug-likeness (QED) is 0.0581. The van der Waals surface area contributed by atoms with Crippen LogP contribution >= 0.6 is 0 Å². The van der Waals surface area contributed by atoms with Gasteiger partial charge in [0, 0.05) is 25.7 Å². The predicted molar refractivity (Wildman–Crippen MR) is 198 cm³/mol. The third-order valence-electron chi connectivity index (χ3n) is 10.3. The largest absolute Gasteiger partial charge is 0.504 e. The van der Waals surface area contributed by atoms with Gasteiger partial charge in [0.25, 0.3) is 0 Å². The zero-order chi connectivity index (χ0) is 45.0. The standard InChI is InChI=1S/C40H44O22/c1-4-18-19-11-12-53-35(50)22(19)14-55-38(18)62-40-34(61-36(51)20-7-5-9-23(44)27(20)45)33(56-17(3)43)32(26(59-40)15-54-16(2)42)60-37(52)21-8-6-10-24(28(21)46)57-39-31(49)30(48)29(47)25(13-41)58-39/h4-10,14,18-19,25-26,29-34,38-41,44-49H,1,11-13,15H2,2-3H3. The second kappa shape index (κ2) is 19.4. The highest BCUT2D eigenvalue weighted by Gasteiger charge is 2.55. The molecule has 0 saturated carbocycles. The van der Waals surface area contributed by atoms with Gasteiger partial charge >= 0.3 is 29.8 Å². The van der Waals surface area contributed by atoms with Gasteiger partial charge in [-0.05, 0) is 30.7 Å². The Morgan fingerprint density at radius 1 is 0.790 bits per heavy atom. The molecule has 6 rings (SSSR count). The van der Waals surface area contributed by atoms with Gasteiger partial charge in [0.2, 0.25) is 18.9 Å². The van der Waals surface area contributed by atoms with Crippen LogP contribution < -0.4 is 4.74 Å². The van der Waals surface area contributed by atoms with E-state index in [1.165, 1.54) is 18.2 Å². The minimum absolute atomic E-state index is 0.0653. The normalized spacial score (nSPS) is 31.7. The molecule has 0 aliphatic carbocycles. The van der Waals surface area contributed by atoms with Crippen molar-refractivity contribution in [2.75, 3.05) is 19.8 Å². The average molecular weight is 877 g/mol. The third-order valence-corrected chi connectivity index (χ3v) is 10.3. The maximum Gasteiger partial charge on any atom is 0.342 e. The first-order chi connectivity index (χ1) is 29.5. The predicted octanol–water partition coefficient (Wildman–Crippen LogP) is -0.425. The van der Waals surface area contributed by atoms with Crippen molar-refractivity contribution in [1.29, 1.82) is 0 Å². The lowest BCUT2D eigenvalue weighted by Gasteiger charge is -2.46. The number of phenolic OH excluding ortho intramolecular Hbond substituents is 3. The summed E-state index contributed by atoms with van der Waals surface area (Å²) in [5.41, 5.74) is -1.01. The highest BCUT2D eigenvalue weighted by molar-refractivity contribution is 5.94. The lowest BCUT2D eigenvalue weighted by molar-refractivity contribution is -0.338. The van der Waals surface area contributed by atoms with Crippen LogP contribution in [0.1, 0.15) is 41.0 Å². The van der Waals surface area contributed by atoms with Crippen LogP contribution in [0.4, 0.5) is 0 Å². The number of benzene rings is 2. The number of phenols is 3. The zero-order valence-corrected chi connectivity index (χ0v) is 32.9. The van der Waals surface area contributed by atoms with Gasteiger partial charge in [0.15, 0.2) is 41.3 Å². The number of aliphatic hydroxyl groups is 4. The van der Waals surface area contributed by atoms with E-state index < -0.39 is 157 Å². The summed E-state index contributed by atoms with van der Waals surface area (Å²) in [5.74, 6) is -9.53. The van der Waals surface area contributed by atoms with Crippen molar-refractivity contribution in [1.82, 2.24) is 0 Å². The molecule has 4 heterocycles. The molecule has 0 aromatic heterocycles. The fourth-order valence-electron chi connectivity index (χ4n) is 7.21. The molecule has 4 aliphatic rings. The fourth-order valence-corrected chi connectivity index (χ4v) is 7.21. The van der Waals surface area contributed by atoms with Gasteiger partial charge in [0.05, 0.1) is 25.0 Å². The maximum atomic E-state index is 14.0. The van der Waals surface area contributed by atoms with Crippen molar-refractivity contribution in [2.24, 2.45) is 11.8 Å². The number of fused-ring (bicyclic) bond motifs is 1. The van der Waals surface area contributed by atoms with Crippen LogP contribution in [0.3, 0.4) is 0 Å². The lowest BCUT2D eigenvalue weighted by atomic mass is 9.81. The Balaban J connectivity index is 1.36. The number of aliphatic hydroxyl groups excluding tert-OH is 4. The summed E-state index contributed by atoms with van der Waals surface area (Å²) in [6, 6.07) is 6.79. The van der Waals surface area contributed by atoms with E-state index in [1.807, 2.05) is 0 Å². The van der Waals surface area contributed by atoms with Crippen LogP contribution in [-0.4, -0.2) is 153 Å². The summed E-state index contributed by atoms with van der Waals surface area (Å²) in [7, 11) is 0. The minimum atomic E-state index is -1.95. The summed E-state index contributed by atoms with van der Waals surface area (Å²) < 4.78 is 56.6. The molecule has 62 heavy (non-hydrogen) atoms. The molecule has 2 aromatic carbocycles. The van der Waals surface area contributed by atoms with Crippen molar-refractivity contribution in [3.05, 3.63) is 72.0 Å². The number of hydrogen-bond acceptors (Lipinski definition) is 22. The van der Waals surface area contributed by atoms with E-state index >= 15 is 0 Å². The van der Waals surface area contributed by atoms with Gasteiger partial charge in [-0.3, -0.25) is 9.59 Å². The third kappa shape index (κ3) is 9.55. The Morgan fingerprint density at radius 2 is 1.45 bits per heavy atom. The first-order valence-corrected chi connectivity index (χ1v) is 19.0. The van der Waals surface area contributed by atoms with Crippen LogP contribution in [-0.2, 0) is 57.0 Å². The Morgan fingerprint density at radius 3 is 2.11 bits per heavy atom. The van der Waals surface area contributed by atoms with Crippen molar-refractivity contribution < 1.29 is 107 Å². The second-order valence-electron chi connectivity index (χ2n) is 14.4. The number of cyclic esters (lactones) is 1. The number of carbonyl (C=O) groups excluding carboxylic acids is 5. The first-order valence-electron chi connectivity index (χ1n) is 19.0. The zero-order valence-electron chi connectivity index (χ0n) is 32.9. The van der Waals surface area contributed by atoms with Gasteiger partial charge in [0.1, 0.15) is 48.3 Å². The van der Waals surface area contributed by atoms with Crippen LogP contribution in [0, 0.1) is 11.8 Å². The molecular weight excluding hydrogens is 832 g/mol. The minimum Gasteiger partial charge on any atom is -0.504 e. The number of rotatable bonds is 13. The van der Waals surface area contributed by atoms with Gasteiger partial charge in [-0.1, -0.05) is 18.2 Å². The summed E-state index contributed by atoms with van der Waals surface area (Å²) in [6.45, 7) is 4.41. The Labute approximate surface area is 351 Å². The molecule has 0 spiro atoms. The molecule has 13 unspecified atom stereocenters. The summed E-state index contributed by atoms with van der Waals surface area (Å²) >= 11 is 0. The molecule has 13 atom stereocenters. The Bertz CT molecular complexity index is 2050. The highest BCUT2D eigenvalue weighted by Crippen LogP contribution is 2.41. The molecule has 2 aromatic rings. The molecule has 22 nitrogen and oxygen atoms in total. The number of aromatic hydroxyl groups is 3. The van der Waals surface area contributed by atoms with Crippen LogP contribution in [0.5, 0.6) is 23.0 Å².